The summed E-state index contributed by atoms with van der Waals surface area (Å²) in [6, 6.07) is 17.6. The summed E-state index contributed by atoms with van der Waals surface area (Å²) in [6.45, 7) is 1.71. The Morgan fingerprint density at radius 2 is 1.93 bits per heavy atom. The Kier molecular flexibility index (Phi) is 10.2. The zero-order valence-corrected chi connectivity index (χ0v) is 19.5. The molecule has 0 saturated heterocycles. The molecule has 30 heavy (non-hydrogen) atoms. The Morgan fingerprint density at radius 3 is 2.70 bits per heavy atom. The number of nitrogens with zero attached hydrogens (tertiary/aromatic N) is 2. The number of hydrogen-bond donors (Lipinski definition) is 2. The van der Waals surface area contributed by atoms with E-state index < -0.39 is 0 Å². The van der Waals surface area contributed by atoms with Crippen LogP contribution in [0.2, 0.25) is 0 Å². The Bertz CT molecular complexity index is 916. The standard InChI is InChI=1S/C22H26N4O3.HI/c1-23-22(26-18-10-6-11-19(14-18)28-13-7-12-27-2)25-16-21-24-15-20(29-21)17-8-4-3-5-9-17;/h3-6,8-11,14-15H,7,12-13,16H2,1-2H3,(H2,23,25,26);1H. The lowest BCUT2D eigenvalue weighted by atomic mass is 10.2. The van der Waals surface area contributed by atoms with E-state index in [-0.39, 0.29) is 24.0 Å². The first-order valence-electron chi connectivity index (χ1n) is 9.48. The maximum atomic E-state index is 5.81. The van der Waals surface area contributed by atoms with Gasteiger partial charge in [-0.25, -0.2) is 4.98 Å². The van der Waals surface area contributed by atoms with E-state index in [0.29, 0.717) is 31.6 Å². The molecule has 0 aliphatic carbocycles. The van der Waals surface area contributed by atoms with Gasteiger partial charge in [0.1, 0.15) is 5.75 Å². The smallest absolute Gasteiger partial charge is 0.214 e. The van der Waals surface area contributed by atoms with E-state index in [9.17, 15) is 0 Å². The van der Waals surface area contributed by atoms with Crippen LogP contribution < -0.4 is 15.4 Å². The van der Waals surface area contributed by atoms with Gasteiger partial charge in [-0.05, 0) is 12.1 Å². The summed E-state index contributed by atoms with van der Waals surface area (Å²) in [5.74, 6) is 2.73. The van der Waals surface area contributed by atoms with Crippen molar-refractivity contribution in [1.82, 2.24) is 10.3 Å². The predicted molar refractivity (Wildman–Crippen MR) is 130 cm³/mol. The van der Waals surface area contributed by atoms with Gasteiger partial charge in [-0.3, -0.25) is 4.99 Å². The number of oxazole rings is 1. The van der Waals surface area contributed by atoms with Crippen molar-refractivity contribution in [3.05, 3.63) is 66.7 Å². The minimum absolute atomic E-state index is 0. The molecule has 0 atom stereocenters. The van der Waals surface area contributed by atoms with Crippen molar-refractivity contribution in [1.29, 1.82) is 0 Å². The Labute approximate surface area is 193 Å². The van der Waals surface area contributed by atoms with Gasteiger partial charge in [-0.1, -0.05) is 36.4 Å². The highest BCUT2D eigenvalue weighted by Gasteiger charge is 2.07. The van der Waals surface area contributed by atoms with E-state index in [1.165, 1.54) is 0 Å². The molecule has 0 unspecified atom stereocenters. The summed E-state index contributed by atoms with van der Waals surface area (Å²) >= 11 is 0. The van der Waals surface area contributed by atoms with Gasteiger partial charge in [-0.15, -0.1) is 24.0 Å². The molecule has 0 bridgehead atoms. The van der Waals surface area contributed by atoms with E-state index in [0.717, 1.165) is 29.2 Å². The fourth-order valence-corrected chi connectivity index (χ4v) is 2.66. The summed E-state index contributed by atoms with van der Waals surface area (Å²) in [6.07, 6.45) is 2.57. The maximum Gasteiger partial charge on any atom is 0.214 e. The number of anilines is 1. The molecule has 0 amide bonds. The Morgan fingerprint density at radius 1 is 1.10 bits per heavy atom. The number of benzene rings is 2. The van der Waals surface area contributed by atoms with Crippen LogP contribution in [0.4, 0.5) is 5.69 Å². The van der Waals surface area contributed by atoms with Gasteiger partial charge in [0, 0.05) is 44.5 Å². The number of guanidine groups is 1. The van der Waals surface area contributed by atoms with Gasteiger partial charge < -0.3 is 24.5 Å². The van der Waals surface area contributed by atoms with Crippen molar-refractivity contribution in [2.75, 3.05) is 32.7 Å². The summed E-state index contributed by atoms with van der Waals surface area (Å²) < 4.78 is 16.6. The van der Waals surface area contributed by atoms with E-state index in [1.807, 2.05) is 54.6 Å². The van der Waals surface area contributed by atoms with Crippen LogP contribution in [-0.4, -0.2) is 38.3 Å². The Balaban J connectivity index is 0.00000320. The molecular weight excluding hydrogens is 495 g/mol. The van der Waals surface area contributed by atoms with Gasteiger partial charge >= 0.3 is 0 Å². The largest absolute Gasteiger partial charge is 0.493 e. The maximum absolute atomic E-state index is 5.81. The fourth-order valence-electron chi connectivity index (χ4n) is 2.66. The van der Waals surface area contributed by atoms with Gasteiger partial charge in [0.15, 0.2) is 11.7 Å². The molecule has 0 saturated carbocycles. The van der Waals surface area contributed by atoms with Crippen molar-refractivity contribution < 1.29 is 13.9 Å². The molecule has 0 aliphatic heterocycles. The van der Waals surface area contributed by atoms with Gasteiger partial charge in [-0.2, -0.15) is 0 Å². The molecule has 0 fully saturated rings. The van der Waals surface area contributed by atoms with Gasteiger partial charge in [0.25, 0.3) is 0 Å². The first-order valence-corrected chi connectivity index (χ1v) is 9.48. The van der Waals surface area contributed by atoms with E-state index in [4.69, 9.17) is 13.9 Å². The molecule has 3 aromatic rings. The first-order chi connectivity index (χ1) is 14.3. The van der Waals surface area contributed by atoms with Crippen LogP contribution in [0.15, 0.2) is 70.2 Å². The molecule has 1 heterocycles. The number of methoxy groups -OCH3 is 1. The van der Waals surface area contributed by atoms with Crippen LogP contribution in [0.5, 0.6) is 5.75 Å². The van der Waals surface area contributed by atoms with E-state index in [2.05, 4.69) is 20.6 Å². The number of rotatable bonds is 9. The minimum Gasteiger partial charge on any atom is -0.493 e. The second-order valence-corrected chi connectivity index (χ2v) is 6.26. The highest BCUT2D eigenvalue weighted by atomic mass is 127. The number of nitrogens with one attached hydrogen (secondary N) is 2. The van der Waals surface area contributed by atoms with Crippen LogP contribution >= 0.6 is 24.0 Å². The molecule has 8 heteroatoms. The lowest BCUT2D eigenvalue weighted by molar-refractivity contribution is 0.172. The normalized spacial score (nSPS) is 10.9. The highest BCUT2D eigenvalue weighted by Crippen LogP contribution is 2.20. The summed E-state index contributed by atoms with van der Waals surface area (Å²) in [5.41, 5.74) is 1.87. The van der Waals surface area contributed by atoms with Crippen molar-refractivity contribution >= 4 is 35.6 Å². The molecule has 7 nitrogen and oxygen atoms in total. The third-order valence-corrected chi connectivity index (χ3v) is 4.10. The molecule has 2 N–H and O–H groups in total. The second kappa shape index (κ2) is 12.9. The molecule has 3 rings (SSSR count). The van der Waals surface area contributed by atoms with Crippen LogP contribution in [0, 0.1) is 0 Å². The first kappa shape index (κ1) is 23.7. The summed E-state index contributed by atoms with van der Waals surface area (Å²) in [7, 11) is 3.40. The minimum atomic E-state index is 0. The number of aliphatic imine (C=N–C) groups is 1. The topological polar surface area (TPSA) is 80.9 Å². The van der Waals surface area contributed by atoms with Crippen molar-refractivity contribution in [2.45, 2.75) is 13.0 Å². The summed E-state index contributed by atoms with van der Waals surface area (Å²) in [5, 5.41) is 6.45. The van der Waals surface area contributed by atoms with E-state index in [1.54, 1.807) is 20.4 Å². The Hall–Kier alpha value is -2.59. The number of halogens is 1. The van der Waals surface area contributed by atoms with Crippen LogP contribution in [-0.2, 0) is 11.3 Å². The third kappa shape index (κ3) is 7.34. The molecule has 0 spiro atoms. The second-order valence-electron chi connectivity index (χ2n) is 6.26. The van der Waals surface area contributed by atoms with E-state index >= 15 is 0 Å². The highest BCUT2D eigenvalue weighted by molar-refractivity contribution is 14.0. The average Bonchev–Trinajstić information content (AvgIpc) is 3.24. The zero-order chi connectivity index (χ0) is 20.3. The molecule has 1 aromatic heterocycles. The van der Waals surface area contributed by atoms with Crippen LogP contribution in [0.3, 0.4) is 0 Å². The van der Waals surface area contributed by atoms with Crippen molar-refractivity contribution in [2.24, 2.45) is 4.99 Å². The fraction of sp³-hybridized carbons (Fsp3) is 0.273. The van der Waals surface area contributed by atoms with Crippen molar-refractivity contribution in [3.8, 4) is 17.1 Å². The van der Waals surface area contributed by atoms with Gasteiger partial charge in [0.2, 0.25) is 5.89 Å². The average molecular weight is 522 g/mol. The van der Waals surface area contributed by atoms with Crippen LogP contribution in [0.25, 0.3) is 11.3 Å². The van der Waals surface area contributed by atoms with Gasteiger partial charge in [0.05, 0.1) is 19.3 Å². The molecule has 160 valence electrons. The van der Waals surface area contributed by atoms with Crippen LogP contribution in [0.1, 0.15) is 12.3 Å². The molecule has 2 aromatic carbocycles. The summed E-state index contributed by atoms with van der Waals surface area (Å²) in [4.78, 5) is 8.57. The third-order valence-electron chi connectivity index (χ3n) is 4.10. The SMILES string of the molecule is CN=C(NCc1ncc(-c2ccccc2)o1)Nc1cccc(OCCCOC)c1.I. The zero-order valence-electron chi connectivity index (χ0n) is 17.1. The monoisotopic (exact) mass is 522 g/mol. The lowest BCUT2D eigenvalue weighted by Gasteiger charge is -2.12. The molecule has 0 aliphatic rings. The molecule has 0 radical (unpaired) electrons. The number of hydrogen-bond acceptors (Lipinski definition) is 5. The lowest BCUT2D eigenvalue weighted by Crippen LogP contribution is -2.30. The number of ether oxygens (including phenoxy) is 2. The quantitative estimate of drug-likeness (QED) is 0.186. The van der Waals surface area contributed by atoms with Crippen molar-refractivity contribution in [3.63, 3.8) is 0 Å². The number of aromatic nitrogens is 1. The predicted octanol–water partition coefficient (Wildman–Crippen LogP) is 4.56. The molecular formula is C22H27IN4O3.